The predicted octanol–water partition coefficient (Wildman–Crippen LogP) is 3.47. The summed E-state index contributed by atoms with van der Waals surface area (Å²) in [5.41, 5.74) is 2.08. The molecule has 1 aromatic carbocycles. The zero-order valence-corrected chi connectivity index (χ0v) is 19.7. The molecule has 0 radical (unpaired) electrons. The fourth-order valence-corrected chi connectivity index (χ4v) is 4.51. The third-order valence-corrected chi connectivity index (χ3v) is 6.99. The van der Waals surface area contributed by atoms with Crippen LogP contribution in [0.5, 0.6) is 0 Å². The van der Waals surface area contributed by atoms with Crippen LogP contribution in [0.4, 0.5) is 0 Å². The van der Waals surface area contributed by atoms with Crippen LogP contribution in [-0.2, 0) is 33.1 Å². The molecule has 2 aliphatic rings. The molecule has 2 aromatic heterocycles. The Labute approximate surface area is 196 Å². The molecular formula is C26H27N3O5. The van der Waals surface area contributed by atoms with Gasteiger partial charge in [0.15, 0.2) is 5.60 Å². The van der Waals surface area contributed by atoms with E-state index in [1.54, 1.807) is 23.8 Å². The molecule has 4 heterocycles. The Morgan fingerprint density at radius 1 is 1.26 bits per heavy atom. The number of hydrogen-bond acceptors (Lipinski definition) is 7. The van der Waals surface area contributed by atoms with Crippen molar-refractivity contribution >= 4 is 23.1 Å². The van der Waals surface area contributed by atoms with Gasteiger partial charge in [0.25, 0.3) is 5.56 Å². The minimum atomic E-state index is -1.85. The number of para-hydroxylation sites is 1. The van der Waals surface area contributed by atoms with E-state index >= 15 is 0 Å². The van der Waals surface area contributed by atoms with E-state index in [1.165, 1.54) is 0 Å². The van der Waals surface area contributed by atoms with Gasteiger partial charge in [-0.2, -0.15) is 0 Å². The number of hydrogen-bond donors (Lipinski definition) is 1. The Morgan fingerprint density at radius 2 is 2.03 bits per heavy atom. The number of rotatable bonds is 5. The Morgan fingerprint density at radius 3 is 2.76 bits per heavy atom. The number of oxime groups is 1. The van der Waals surface area contributed by atoms with Gasteiger partial charge >= 0.3 is 5.97 Å². The molecule has 1 N–H and O–H groups in total. The van der Waals surface area contributed by atoms with Crippen molar-refractivity contribution in [1.29, 1.82) is 0 Å². The van der Waals surface area contributed by atoms with Gasteiger partial charge in [0.2, 0.25) is 0 Å². The van der Waals surface area contributed by atoms with E-state index in [9.17, 15) is 14.7 Å². The molecule has 8 heteroatoms. The molecule has 0 aliphatic carbocycles. The van der Waals surface area contributed by atoms with Crippen molar-refractivity contribution in [2.45, 2.75) is 59.0 Å². The second kappa shape index (κ2) is 8.06. The Kier molecular flexibility index (Phi) is 5.28. The third-order valence-electron chi connectivity index (χ3n) is 6.99. The second-order valence-corrected chi connectivity index (χ2v) is 9.26. The molecule has 0 bridgehead atoms. The van der Waals surface area contributed by atoms with Crippen molar-refractivity contribution in [3.8, 4) is 11.4 Å². The number of esters is 1. The zero-order chi connectivity index (χ0) is 24.2. The summed E-state index contributed by atoms with van der Waals surface area (Å²) in [5.74, 6) is -0.422. The van der Waals surface area contributed by atoms with E-state index in [0.717, 1.165) is 22.0 Å². The zero-order valence-electron chi connectivity index (χ0n) is 19.7. The number of pyridine rings is 2. The number of fused-ring (bicyclic) bond motifs is 5. The predicted molar refractivity (Wildman–Crippen MR) is 128 cm³/mol. The summed E-state index contributed by atoms with van der Waals surface area (Å²) in [7, 11) is 0. The van der Waals surface area contributed by atoms with E-state index in [1.807, 2.05) is 31.2 Å². The molecule has 5 rings (SSSR count). The summed E-state index contributed by atoms with van der Waals surface area (Å²) in [4.78, 5) is 36.3. The molecule has 2 atom stereocenters. The lowest BCUT2D eigenvalue weighted by molar-refractivity contribution is -0.172. The fourth-order valence-electron chi connectivity index (χ4n) is 4.51. The highest BCUT2D eigenvalue weighted by Crippen LogP contribution is 2.39. The quantitative estimate of drug-likeness (QED) is 0.277. The van der Waals surface area contributed by atoms with Gasteiger partial charge in [-0.05, 0) is 31.4 Å². The summed E-state index contributed by atoms with van der Waals surface area (Å²) >= 11 is 0. The SMILES string of the molecule is CC[C@@]1(O)C(=O)OCc2c1cc1n(c2=O)Cc2c-1nc1ccccc1c2/C=N/OC(C)C(C)C. The first kappa shape index (κ1) is 22.3. The number of cyclic esters (lactones) is 1. The molecule has 34 heavy (non-hydrogen) atoms. The van der Waals surface area contributed by atoms with Crippen LogP contribution in [0, 0.1) is 5.92 Å². The van der Waals surface area contributed by atoms with Crippen molar-refractivity contribution in [3.63, 3.8) is 0 Å². The van der Waals surface area contributed by atoms with E-state index in [-0.39, 0.29) is 24.7 Å². The average molecular weight is 462 g/mol. The van der Waals surface area contributed by atoms with E-state index in [0.29, 0.717) is 35.0 Å². The molecule has 2 aliphatic heterocycles. The molecule has 0 saturated heterocycles. The number of aliphatic hydroxyl groups is 1. The molecule has 0 spiro atoms. The van der Waals surface area contributed by atoms with Gasteiger partial charge in [-0.3, -0.25) is 4.79 Å². The largest absolute Gasteiger partial charge is 0.458 e. The van der Waals surface area contributed by atoms with Gasteiger partial charge in [0.05, 0.1) is 35.2 Å². The fraction of sp³-hybridized carbons (Fsp3) is 0.385. The number of carbonyl (C=O) groups excluding carboxylic acids is 1. The van der Waals surface area contributed by atoms with E-state index < -0.39 is 11.6 Å². The van der Waals surface area contributed by atoms with E-state index in [2.05, 4.69) is 19.0 Å². The molecule has 176 valence electrons. The topological polar surface area (TPSA) is 103 Å². The van der Waals surface area contributed by atoms with Crippen molar-refractivity contribution in [2.75, 3.05) is 0 Å². The van der Waals surface area contributed by atoms with Crippen molar-refractivity contribution in [3.05, 3.63) is 62.9 Å². The normalized spacial score (nSPS) is 19.8. The maximum atomic E-state index is 13.4. The molecule has 8 nitrogen and oxygen atoms in total. The smallest absolute Gasteiger partial charge is 0.343 e. The lowest BCUT2D eigenvalue weighted by atomic mass is 9.86. The molecular weight excluding hydrogens is 434 g/mol. The Hall–Kier alpha value is -3.52. The van der Waals surface area contributed by atoms with Crippen LogP contribution < -0.4 is 5.56 Å². The minimum absolute atomic E-state index is 0.0480. The minimum Gasteiger partial charge on any atom is -0.458 e. The van der Waals surface area contributed by atoms with Crippen LogP contribution in [-0.4, -0.2) is 32.9 Å². The highest BCUT2D eigenvalue weighted by molar-refractivity contribution is 6.02. The second-order valence-electron chi connectivity index (χ2n) is 9.26. The molecule has 1 unspecified atom stereocenters. The average Bonchev–Trinajstić information content (AvgIpc) is 3.20. The molecule has 0 saturated carbocycles. The number of ether oxygens (including phenoxy) is 1. The van der Waals surface area contributed by atoms with Crippen LogP contribution >= 0.6 is 0 Å². The first-order valence-electron chi connectivity index (χ1n) is 11.5. The maximum absolute atomic E-state index is 13.4. The summed E-state index contributed by atoms with van der Waals surface area (Å²) in [6, 6.07) is 9.42. The monoisotopic (exact) mass is 461 g/mol. The van der Waals surface area contributed by atoms with Gasteiger partial charge in [-0.15, -0.1) is 0 Å². The van der Waals surface area contributed by atoms with Gasteiger partial charge < -0.3 is 19.2 Å². The lowest BCUT2D eigenvalue weighted by Crippen LogP contribution is -2.44. The third kappa shape index (κ3) is 3.24. The maximum Gasteiger partial charge on any atom is 0.343 e. The molecule has 3 aromatic rings. The Bertz CT molecular complexity index is 1410. The number of carbonyl (C=O) groups is 1. The van der Waals surface area contributed by atoms with E-state index in [4.69, 9.17) is 14.6 Å². The summed E-state index contributed by atoms with van der Waals surface area (Å²) in [5, 5.41) is 16.2. The standard InChI is InChI=1S/C26H27N3O5/c1-5-26(32)20-10-22-23-18(12-29(22)24(30)19(20)13-33-25(26)31)17(11-27-34-15(4)14(2)3)16-8-6-7-9-21(16)28-23/h6-11,14-15,32H,5,12-13H2,1-4H3/b27-11+/t15?,26-/m0/s1. The first-order chi connectivity index (χ1) is 16.3. The molecule has 0 fully saturated rings. The highest BCUT2D eigenvalue weighted by atomic mass is 16.6. The van der Waals surface area contributed by atoms with Crippen LogP contribution in [0.15, 0.2) is 40.3 Å². The van der Waals surface area contributed by atoms with Crippen molar-refractivity contribution < 1.29 is 19.5 Å². The molecule has 0 amide bonds. The first-order valence-corrected chi connectivity index (χ1v) is 11.5. The van der Waals surface area contributed by atoms with Gasteiger partial charge in [0.1, 0.15) is 12.7 Å². The van der Waals surface area contributed by atoms with Gasteiger partial charge in [-0.25, -0.2) is 9.78 Å². The summed E-state index contributed by atoms with van der Waals surface area (Å²) in [6.45, 7) is 7.93. The van der Waals surface area contributed by atoms with Crippen LogP contribution in [0.3, 0.4) is 0 Å². The van der Waals surface area contributed by atoms with Crippen LogP contribution in [0.1, 0.15) is 56.4 Å². The summed E-state index contributed by atoms with van der Waals surface area (Å²) in [6.07, 6.45) is 1.74. The highest BCUT2D eigenvalue weighted by Gasteiger charge is 2.45. The van der Waals surface area contributed by atoms with Crippen LogP contribution in [0.2, 0.25) is 0 Å². The van der Waals surface area contributed by atoms with Crippen molar-refractivity contribution in [2.24, 2.45) is 11.1 Å². The van der Waals surface area contributed by atoms with Gasteiger partial charge in [-0.1, -0.05) is 44.1 Å². The van der Waals surface area contributed by atoms with Crippen LogP contribution in [0.25, 0.3) is 22.3 Å². The number of benzene rings is 1. The Balaban J connectivity index is 1.71. The van der Waals surface area contributed by atoms with Crippen molar-refractivity contribution in [1.82, 2.24) is 9.55 Å². The number of aromatic nitrogens is 2. The number of nitrogens with zero attached hydrogens (tertiary/aromatic N) is 3. The van der Waals surface area contributed by atoms with Gasteiger partial charge in [0, 0.05) is 22.1 Å². The lowest BCUT2D eigenvalue weighted by Gasteiger charge is -2.31. The summed E-state index contributed by atoms with van der Waals surface area (Å²) < 4.78 is 6.78.